The van der Waals surface area contributed by atoms with Crippen molar-refractivity contribution in [2.24, 2.45) is 5.92 Å². The molecule has 0 aromatic heterocycles. The molecule has 13 heavy (non-hydrogen) atoms. The third-order valence-corrected chi connectivity index (χ3v) is 2.39. The Kier molecular flexibility index (Phi) is 4.18. The molecule has 76 valence electrons. The third kappa shape index (κ3) is 2.67. The van der Waals surface area contributed by atoms with Crippen LogP contribution in [0.25, 0.3) is 0 Å². The summed E-state index contributed by atoms with van der Waals surface area (Å²) in [4.78, 5) is 13.5. The normalized spacial score (nSPS) is 16.8. The number of likely N-dealkylation sites (N-methyl/N-ethyl adjacent to an activating group) is 1. The summed E-state index contributed by atoms with van der Waals surface area (Å²) in [5.74, 6) is 0.468. The number of carbonyl (C=O) groups excluding carboxylic acids is 1. The van der Waals surface area contributed by atoms with E-state index < -0.39 is 0 Å². The number of rotatable bonds is 5. The Morgan fingerprint density at radius 1 is 1.62 bits per heavy atom. The predicted octanol–water partition coefficient (Wildman–Crippen LogP) is -0.299. The second kappa shape index (κ2) is 5.19. The first-order valence-corrected chi connectivity index (χ1v) is 4.78. The van der Waals surface area contributed by atoms with Gasteiger partial charge in [-0.05, 0) is 6.92 Å². The maximum atomic E-state index is 11.7. The molecule has 0 saturated carbocycles. The van der Waals surface area contributed by atoms with Gasteiger partial charge in [-0.3, -0.25) is 4.79 Å². The van der Waals surface area contributed by atoms with Gasteiger partial charge in [0.05, 0.1) is 12.5 Å². The van der Waals surface area contributed by atoms with E-state index >= 15 is 0 Å². The minimum absolute atomic E-state index is 0.205. The molecule has 1 aliphatic rings. The number of nitrogens with one attached hydrogen (secondary N) is 1. The highest BCUT2D eigenvalue weighted by atomic mass is 16.5. The van der Waals surface area contributed by atoms with Crippen LogP contribution in [0.15, 0.2) is 0 Å². The van der Waals surface area contributed by atoms with E-state index in [1.165, 1.54) is 0 Å². The zero-order chi connectivity index (χ0) is 9.68. The number of hydrogen-bond donors (Lipinski definition) is 1. The molecule has 1 N–H and O–H groups in total. The maximum Gasteiger partial charge on any atom is 0.228 e. The molecule has 0 atom stereocenters. The van der Waals surface area contributed by atoms with Crippen molar-refractivity contribution in [2.45, 2.75) is 6.92 Å². The quantitative estimate of drug-likeness (QED) is 0.641. The van der Waals surface area contributed by atoms with Crippen molar-refractivity contribution in [1.82, 2.24) is 10.2 Å². The van der Waals surface area contributed by atoms with E-state index in [0.717, 1.165) is 19.6 Å². The van der Waals surface area contributed by atoms with E-state index in [9.17, 15) is 4.79 Å². The SMILES string of the molecule is CCN(CCOC)C(=O)C1CNC1. The van der Waals surface area contributed by atoms with Crippen LogP contribution in [0.2, 0.25) is 0 Å². The van der Waals surface area contributed by atoms with Gasteiger partial charge in [0.25, 0.3) is 0 Å². The van der Waals surface area contributed by atoms with E-state index in [-0.39, 0.29) is 11.8 Å². The summed E-state index contributed by atoms with van der Waals surface area (Å²) in [6, 6.07) is 0. The standard InChI is InChI=1S/C9H18N2O2/c1-3-11(4-5-13-2)9(12)8-6-10-7-8/h8,10H,3-7H2,1-2H3. The van der Waals surface area contributed by atoms with Crippen LogP contribution < -0.4 is 5.32 Å². The van der Waals surface area contributed by atoms with Crippen molar-refractivity contribution in [3.05, 3.63) is 0 Å². The second-order valence-electron chi connectivity index (χ2n) is 3.27. The van der Waals surface area contributed by atoms with Crippen molar-refractivity contribution >= 4 is 5.91 Å². The summed E-state index contributed by atoms with van der Waals surface area (Å²) in [7, 11) is 1.66. The molecule has 0 unspecified atom stereocenters. The van der Waals surface area contributed by atoms with E-state index in [4.69, 9.17) is 4.74 Å². The van der Waals surface area contributed by atoms with Crippen LogP contribution in [-0.2, 0) is 9.53 Å². The summed E-state index contributed by atoms with van der Waals surface area (Å²) in [6.07, 6.45) is 0. The average molecular weight is 186 g/mol. The van der Waals surface area contributed by atoms with Gasteiger partial charge < -0.3 is 15.0 Å². The highest BCUT2D eigenvalue weighted by Gasteiger charge is 2.28. The number of hydrogen-bond acceptors (Lipinski definition) is 3. The number of amides is 1. The monoisotopic (exact) mass is 186 g/mol. The fraction of sp³-hybridized carbons (Fsp3) is 0.889. The lowest BCUT2D eigenvalue weighted by atomic mass is 10.0. The first-order chi connectivity index (χ1) is 6.29. The topological polar surface area (TPSA) is 41.6 Å². The molecular formula is C9H18N2O2. The molecule has 0 aromatic rings. The van der Waals surface area contributed by atoms with Gasteiger partial charge in [0.1, 0.15) is 0 Å². The highest BCUT2D eigenvalue weighted by molar-refractivity contribution is 5.80. The molecule has 0 spiro atoms. The van der Waals surface area contributed by atoms with Gasteiger partial charge in [-0.1, -0.05) is 0 Å². The molecule has 4 nitrogen and oxygen atoms in total. The number of carbonyl (C=O) groups is 1. The highest BCUT2D eigenvalue weighted by Crippen LogP contribution is 2.07. The number of ether oxygens (including phenoxy) is 1. The minimum atomic E-state index is 0.205. The molecule has 1 aliphatic heterocycles. The van der Waals surface area contributed by atoms with Crippen molar-refractivity contribution in [3.63, 3.8) is 0 Å². The van der Waals surface area contributed by atoms with Crippen LogP contribution in [0.1, 0.15) is 6.92 Å². The van der Waals surface area contributed by atoms with Crippen molar-refractivity contribution < 1.29 is 9.53 Å². The van der Waals surface area contributed by atoms with Crippen molar-refractivity contribution in [2.75, 3.05) is 39.9 Å². The number of methoxy groups -OCH3 is 1. The molecule has 4 heteroatoms. The van der Waals surface area contributed by atoms with E-state index in [1.807, 2.05) is 11.8 Å². The van der Waals surface area contributed by atoms with E-state index in [2.05, 4.69) is 5.32 Å². The minimum Gasteiger partial charge on any atom is -0.383 e. The van der Waals surface area contributed by atoms with E-state index in [1.54, 1.807) is 7.11 Å². The summed E-state index contributed by atoms with van der Waals surface area (Å²) < 4.78 is 4.95. The largest absolute Gasteiger partial charge is 0.383 e. The van der Waals surface area contributed by atoms with Gasteiger partial charge >= 0.3 is 0 Å². The van der Waals surface area contributed by atoms with Gasteiger partial charge in [0.2, 0.25) is 5.91 Å². The molecule has 1 fully saturated rings. The van der Waals surface area contributed by atoms with Crippen LogP contribution >= 0.6 is 0 Å². The Bertz CT molecular complexity index is 169. The molecular weight excluding hydrogens is 168 g/mol. The molecule has 1 rings (SSSR count). The summed E-state index contributed by atoms with van der Waals surface area (Å²) in [5.41, 5.74) is 0. The fourth-order valence-corrected chi connectivity index (χ4v) is 1.35. The molecule has 1 heterocycles. The first kappa shape index (κ1) is 10.5. The Morgan fingerprint density at radius 3 is 2.69 bits per heavy atom. The van der Waals surface area contributed by atoms with Crippen LogP contribution in [0, 0.1) is 5.92 Å². The van der Waals surface area contributed by atoms with Gasteiger partial charge in [0, 0.05) is 33.3 Å². The zero-order valence-corrected chi connectivity index (χ0v) is 8.38. The van der Waals surface area contributed by atoms with Crippen molar-refractivity contribution in [1.29, 1.82) is 0 Å². The van der Waals surface area contributed by atoms with E-state index in [0.29, 0.717) is 13.2 Å². The second-order valence-corrected chi connectivity index (χ2v) is 3.27. The van der Waals surface area contributed by atoms with Crippen LogP contribution in [-0.4, -0.2) is 50.7 Å². The predicted molar refractivity (Wildman–Crippen MR) is 50.5 cm³/mol. The molecule has 1 amide bonds. The smallest absolute Gasteiger partial charge is 0.228 e. The van der Waals surface area contributed by atoms with Crippen LogP contribution in [0.4, 0.5) is 0 Å². The lowest BCUT2D eigenvalue weighted by molar-refractivity contribution is -0.137. The molecule has 0 aliphatic carbocycles. The lowest BCUT2D eigenvalue weighted by Crippen LogP contribution is -2.52. The van der Waals surface area contributed by atoms with Gasteiger partial charge in [-0.15, -0.1) is 0 Å². The Balaban J connectivity index is 2.30. The summed E-state index contributed by atoms with van der Waals surface area (Å²) in [6.45, 7) is 5.78. The Morgan fingerprint density at radius 2 is 2.31 bits per heavy atom. The number of nitrogens with zero attached hydrogens (tertiary/aromatic N) is 1. The van der Waals surface area contributed by atoms with Crippen molar-refractivity contribution in [3.8, 4) is 0 Å². The Hall–Kier alpha value is -0.610. The zero-order valence-electron chi connectivity index (χ0n) is 8.38. The third-order valence-electron chi connectivity index (χ3n) is 2.39. The average Bonchev–Trinajstić information content (AvgIpc) is 2.02. The maximum absolute atomic E-state index is 11.7. The fourth-order valence-electron chi connectivity index (χ4n) is 1.35. The van der Waals surface area contributed by atoms with Crippen LogP contribution in [0.3, 0.4) is 0 Å². The Labute approximate surface area is 79.2 Å². The van der Waals surface area contributed by atoms with Gasteiger partial charge in [-0.2, -0.15) is 0 Å². The molecule has 1 saturated heterocycles. The summed E-state index contributed by atoms with van der Waals surface area (Å²) >= 11 is 0. The molecule has 0 radical (unpaired) electrons. The van der Waals surface area contributed by atoms with Crippen LogP contribution in [0.5, 0.6) is 0 Å². The molecule has 0 aromatic carbocycles. The lowest BCUT2D eigenvalue weighted by Gasteiger charge is -2.31. The summed E-state index contributed by atoms with van der Waals surface area (Å²) in [5, 5.41) is 3.10. The van der Waals surface area contributed by atoms with Gasteiger partial charge in [0.15, 0.2) is 0 Å². The first-order valence-electron chi connectivity index (χ1n) is 4.78. The van der Waals surface area contributed by atoms with Gasteiger partial charge in [-0.25, -0.2) is 0 Å². The molecule has 0 bridgehead atoms.